The second-order valence-corrected chi connectivity index (χ2v) is 5.76. The molecule has 0 bridgehead atoms. The Kier molecular flexibility index (Phi) is 2.53. The largest absolute Gasteiger partial charge is 0.397 e. The highest BCUT2D eigenvalue weighted by Gasteiger charge is 2.10. The molecule has 0 aliphatic carbocycles. The third-order valence-corrected chi connectivity index (χ3v) is 4.03. The molecule has 4 nitrogen and oxygen atoms in total. The fraction of sp³-hybridized carbons (Fsp3) is 0.167. The Morgan fingerprint density at radius 1 is 1.33 bits per heavy atom. The Bertz CT molecular complexity index is 724. The number of nitrogens with zero attached hydrogens (tertiary/aromatic N) is 3. The van der Waals surface area contributed by atoms with E-state index in [9.17, 15) is 0 Å². The highest BCUT2D eigenvalue weighted by atomic mass is 35.5. The minimum atomic E-state index is 0.629. The second-order valence-electron chi connectivity index (χ2n) is 4.12. The number of hydrogen-bond acceptors (Lipinski definition) is 4. The quantitative estimate of drug-likeness (QED) is 0.695. The number of thiazole rings is 1. The number of halogens is 1. The van der Waals surface area contributed by atoms with Gasteiger partial charge in [-0.1, -0.05) is 11.6 Å². The molecule has 1 aromatic carbocycles. The van der Waals surface area contributed by atoms with Crippen LogP contribution in [0, 0.1) is 13.8 Å². The maximum atomic E-state index is 6.06. The molecule has 0 unspecified atom stereocenters. The minimum absolute atomic E-state index is 0.629. The van der Waals surface area contributed by atoms with Gasteiger partial charge in [-0.3, -0.25) is 0 Å². The van der Waals surface area contributed by atoms with Crippen LogP contribution < -0.4 is 5.73 Å². The van der Waals surface area contributed by atoms with Crippen LogP contribution in [-0.2, 0) is 0 Å². The van der Waals surface area contributed by atoms with Crippen LogP contribution >= 0.6 is 22.9 Å². The molecule has 18 heavy (non-hydrogen) atoms. The fourth-order valence-electron chi connectivity index (χ4n) is 1.85. The van der Waals surface area contributed by atoms with E-state index in [1.807, 2.05) is 26.0 Å². The molecule has 0 radical (unpaired) electrons. The van der Waals surface area contributed by atoms with Crippen molar-refractivity contribution < 1.29 is 0 Å². The van der Waals surface area contributed by atoms with Gasteiger partial charge in [-0.05, 0) is 26.0 Å². The molecular formula is C12H11ClN4S. The lowest BCUT2D eigenvalue weighted by atomic mass is 10.2. The van der Waals surface area contributed by atoms with Crippen molar-refractivity contribution in [1.29, 1.82) is 0 Å². The summed E-state index contributed by atoms with van der Waals surface area (Å²) in [5.74, 6) is 0. The molecule has 2 aromatic heterocycles. The molecular weight excluding hydrogens is 268 g/mol. The van der Waals surface area contributed by atoms with Gasteiger partial charge in [0.25, 0.3) is 0 Å². The van der Waals surface area contributed by atoms with E-state index in [0.717, 1.165) is 26.6 Å². The first-order chi connectivity index (χ1) is 8.54. The SMILES string of the molecule is Cc1nc2cc(-n3cc(Cl)c(C)n3)c(N)cc2s1. The summed E-state index contributed by atoms with van der Waals surface area (Å²) in [6.07, 6.45) is 1.76. The molecule has 2 heterocycles. The lowest BCUT2D eigenvalue weighted by molar-refractivity contribution is 0.866. The predicted octanol–water partition coefficient (Wildman–Crippen LogP) is 3.33. The Balaban J connectivity index is 2.24. The van der Waals surface area contributed by atoms with Crippen LogP contribution in [0.4, 0.5) is 5.69 Å². The standard InChI is InChI=1S/C12H11ClN4S/c1-6-8(13)5-17(16-6)11-4-10-12(3-9(11)14)18-7(2)15-10/h3-5H,14H2,1-2H3. The van der Waals surface area contributed by atoms with E-state index < -0.39 is 0 Å². The van der Waals surface area contributed by atoms with Crippen LogP contribution in [0.2, 0.25) is 5.02 Å². The summed E-state index contributed by atoms with van der Waals surface area (Å²) in [4.78, 5) is 4.46. The molecule has 0 amide bonds. The molecule has 0 atom stereocenters. The van der Waals surface area contributed by atoms with E-state index in [1.54, 1.807) is 22.2 Å². The third-order valence-electron chi connectivity index (χ3n) is 2.73. The van der Waals surface area contributed by atoms with Crippen LogP contribution in [0.25, 0.3) is 15.9 Å². The molecule has 2 N–H and O–H groups in total. The molecule has 92 valence electrons. The van der Waals surface area contributed by atoms with E-state index in [0.29, 0.717) is 10.7 Å². The van der Waals surface area contributed by atoms with Gasteiger partial charge in [-0.25, -0.2) is 9.67 Å². The Labute approximate surface area is 113 Å². The monoisotopic (exact) mass is 278 g/mol. The van der Waals surface area contributed by atoms with Gasteiger partial charge in [0.2, 0.25) is 0 Å². The van der Waals surface area contributed by atoms with E-state index in [1.165, 1.54) is 0 Å². The maximum absolute atomic E-state index is 6.06. The van der Waals surface area contributed by atoms with Gasteiger partial charge < -0.3 is 5.73 Å². The first-order valence-electron chi connectivity index (χ1n) is 5.43. The first kappa shape index (κ1) is 11.5. The van der Waals surface area contributed by atoms with Gasteiger partial charge >= 0.3 is 0 Å². The number of hydrogen-bond donors (Lipinski definition) is 1. The molecule has 0 spiro atoms. The summed E-state index contributed by atoms with van der Waals surface area (Å²) >= 11 is 7.65. The van der Waals surface area contributed by atoms with Gasteiger partial charge in [0.15, 0.2) is 0 Å². The van der Waals surface area contributed by atoms with Crippen molar-refractivity contribution in [2.75, 3.05) is 5.73 Å². The summed E-state index contributed by atoms with van der Waals surface area (Å²) in [5.41, 5.74) is 9.26. The Morgan fingerprint density at radius 3 is 2.78 bits per heavy atom. The number of aryl methyl sites for hydroxylation is 2. The summed E-state index contributed by atoms with van der Waals surface area (Å²) in [6, 6.07) is 3.87. The van der Waals surface area contributed by atoms with Crippen LogP contribution in [0.3, 0.4) is 0 Å². The number of nitrogen functional groups attached to an aromatic ring is 1. The molecule has 0 aliphatic heterocycles. The molecule has 0 saturated heterocycles. The topological polar surface area (TPSA) is 56.7 Å². The summed E-state index contributed by atoms with van der Waals surface area (Å²) in [6.45, 7) is 3.84. The second kappa shape index (κ2) is 3.96. The summed E-state index contributed by atoms with van der Waals surface area (Å²) < 4.78 is 2.78. The molecule has 0 saturated carbocycles. The van der Waals surface area contributed by atoms with Crippen LogP contribution in [-0.4, -0.2) is 14.8 Å². The van der Waals surface area contributed by atoms with E-state index in [4.69, 9.17) is 17.3 Å². The van der Waals surface area contributed by atoms with E-state index in [-0.39, 0.29) is 0 Å². The van der Waals surface area contributed by atoms with Crippen molar-refractivity contribution in [2.24, 2.45) is 0 Å². The molecule has 3 rings (SSSR count). The number of rotatable bonds is 1. The number of anilines is 1. The van der Waals surface area contributed by atoms with Crippen molar-refractivity contribution in [3.8, 4) is 5.69 Å². The van der Waals surface area contributed by atoms with Gasteiger partial charge in [0.05, 0.1) is 37.3 Å². The van der Waals surface area contributed by atoms with E-state index >= 15 is 0 Å². The summed E-state index contributed by atoms with van der Waals surface area (Å²) in [7, 11) is 0. The van der Waals surface area contributed by atoms with Crippen molar-refractivity contribution >= 4 is 38.8 Å². The maximum Gasteiger partial charge on any atom is 0.0907 e. The van der Waals surface area contributed by atoms with E-state index in [2.05, 4.69) is 10.1 Å². The normalized spacial score (nSPS) is 11.3. The first-order valence-corrected chi connectivity index (χ1v) is 6.63. The van der Waals surface area contributed by atoms with Gasteiger partial charge in [0, 0.05) is 6.20 Å². The molecule has 6 heteroatoms. The van der Waals surface area contributed by atoms with Crippen molar-refractivity contribution in [3.05, 3.63) is 34.1 Å². The summed E-state index contributed by atoms with van der Waals surface area (Å²) in [5, 5.41) is 5.99. The van der Waals surface area contributed by atoms with Gasteiger partial charge in [-0.2, -0.15) is 5.10 Å². The lowest BCUT2D eigenvalue weighted by Gasteiger charge is -2.05. The smallest absolute Gasteiger partial charge is 0.0907 e. The Morgan fingerprint density at radius 2 is 2.11 bits per heavy atom. The lowest BCUT2D eigenvalue weighted by Crippen LogP contribution is -2.00. The van der Waals surface area contributed by atoms with Gasteiger partial charge in [0.1, 0.15) is 0 Å². The van der Waals surface area contributed by atoms with Crippen LogP contribution in [0.1, 0.15) is 10.7 Å². The molecule has 3 aromatic rings. The number of benzene rings is 1. The average Bonchev–Trinajstić information content (AvgIpc) is 2.80. The van der Waals surface area contributed by atoms with Crippen LogP contribution in [0.15, 0.2) is 18.3 Å². The zero-order valence-electron chi connectivity index (χ0n) is 9.94. The third kappa shape index (κ3) is 1.76. The molecule has 0 fully saturated rings. The fourth-order valence-corrected chi connectivity index (χ4v) is 2.84. The number of fused-ring (bicyclic) bond motifs is 1. The van der Waals surface area contributed by atoms with Crippen LogP contribution in [0.5, 0.6) is 0 Å². The highest BCUT2D eigenvalue weighted by molar-refractivity contribution is 7.18. The predicted molar refractivity (Wildman–Crippen MR) is 75.6 cm³/mol. The van der Waals surface area contributed by atoms with Crippen molar-refractivity contribution in [2.45, 2.75) is 13.8 Å². The number of nitrogens with two attached hydrogens (primary N) is 1. The zero-order valence-corrected chi connectivity index (χ0v) is 11.5. The minimum Gasteiger partial charge on any atom is -0.397 e. The Hall–Kier alpha value is -1.59. The van der Waals surface area contributed by atoms with Gasteiger partial charge in [-0.15, -0.1) is 11.3 Å². The highest BCUT2D eigenvalue weighted by Crippen LogP contribution is 2.29. The van der Waals surface area contributed by atoms with Crippen molar-refractivity contribution in [1.82, 2.24) is 14.8 Å². The van der Waals surface area contributed by atoms with Crippen molar-refractivity contribution in [3.63, 3.8) is 0 Å². The zero-order chi connectivity index (χ0) is 12.9. The molecule has 0 aliphatic rings. The average molecular weight is 279 g/mol. The number of aromatic nitrogens is 3.